The van der Waals surface area contributed by atoms with Crippen LogP contribution in [-0.4, -0.2) is 31.5 Å². The van der Waals surface area contributed by atoms with Gasteiger partial charge in [0.1, 0.15) is 15.9 Å². The molecule has 0 amide bonds. The van der Waals surface area contributed by atoms with E-state index in [9.17, 15) is 8.42 Å². The quantitative estimate of drug-likeness (QED) is 0.747. The molecule has 0 radical (unpaired) electrons. The smallest absolute Gasteiger partial charge is 0.250 e. The molecule has 0 unspecified atom stereocenters. The molecule has 0 aromatic carbocycles. The molecule has 2 heterocycles. The van der Waals surface area contributed by atoms with E-state index < -0.39 is 10.0 Å². The van der Waals surface area contributed by atoms with Crippen LogP contribution in [0, 0.1) is 13.8 Å². The summed E-state index contributed by atoms with van der Waals surface area (Å²) in [5.74, 6) is 1.74. The molecular formula is C15H22N4O2S2. The SMILES string of the molecule is Cc1cc(NCCNS(=O)(=O)c2ccc(C)s2)nc(C(C)C)n1. The molecule has 23 heavy (non-hydrogen) atoms. The van der Waals surface area contributed by atoms with Gasteiger partial charge < -0.3 is 5.32 Å². The van der Waals surface area contributed by atoms with Gasteiger partial charge in [0.15, 0.2) is 0 Å². The summed E-state index contributed by atoms with van der Waals surface area (Å²) in [5, 5.41) is 3.14. The first-order chi connectivity index (χ1) is 10.8. The predicted molar refractivity (Wildman–Crippen MR) is 93.6 cm³/mol. The number of thiophene rings is 1. The average molecular weight is 355 g/mol. The van der Waals surface area contributed by atoms with Crippen LogP contribution in [0.4, 0.5) is 5.82 Å². The summed E-state index contributed by atoms with van der Waals surface area (Å²) in [6.45, 7) is 8.62. The van der Waals surface area contributed by atoms with Gasteiger partial charge in [-0.05, 0) is 26.0 Å². The van der Waals surface area contributed by atoms with Gasteiger partial charge in [-0.3, -0.25) is 0 Å². The first-order valence-electron chi connectivity index (χ1n) is 7.43. The maximum atomic E-state index is 12.1. The highest BCUT2D eigenvalue weighted by Gasteiger charge is 2.15. The fourth-order valence-electron chi connectivity index (χ4n) is 1.94. The van der Waals surface area contributed by atoms with Crippen molar-refractivity contribution in [1.82, 2.24) is 14.7 Å². The zero-order valence-corrected chi connectivity index (χ0v) is 15.4. The summed E-state index contributed by atoms with van der Waals surface area (Å²) >= 11 is 1.26. The Balaban J connectivity index is 1.90. The molecule has 2 rings (SSSR count). The zero-order chi connectivity index (χ0) is 17.0. The van der Waals surface area contributed by atoms with E-state index in [0.717, 1.165) is 16.4 Å². The third kappa shape index (κ3) is 4.98. The van der Waals surface area contributed by atoms with Crippen LogP contribution in [0.15, 0.2) is 22.4 Å². The van der Waals surface area contributed by atoms with Crippen molar-refractivity contribution in [1.29, 1.82) is 0 Å². The first-order valence-corrected chi connectivity index (χ1v) is 9.73. The summed E-state index contributed by atoms with van der Waals surface area (Å²) < 4.78 is 27.1. The summed E-state index contributed by atoms with van der Waals surface area (Å²) in [6.07, 6.45) is 0. The van der Waals surface area contributed by atoms with Crippen LogP contribution < -0.4 is 10.0 Å². The molecule has 0 atom stereocenters. The number of hydrogen-bond acceptors (Lipinski definition) is 6. The van der Waals surface area contributed by atoms with Gasteiger partial charge in [-0.15, -0.1) is 11.3 Å². The normalized spacial score (nSPS) is 11.9. The molecule has 0 saturated carbocycles. The highest BCUT2D eigenvalue weighted by Crippen LogP contribution is 2.20. The Kier molecular flexibility index (Phi) is 5.72. The Hall–Kier alpha value is -1.51. The highest BCUT2D eigenvalue weighted by atomic mass is 32.2. The molecule has 0 saturated heterocycles. The van der Waals surface area contributed by atoms with Crippen molar-refractivity contribution >= 4 is 27.2 Å². The van der Waals surface area contributed by atoms with Crippen molar-refractivity contribution in [3.8, 4) is 0 Å². The van der Waals surface area contributed by atoms with Gasteiger partial charge in [-0.25, -0.2) is 23.1 Å². The maximum absolute atomic E-state index is 12.1. The van der Waals surface area contributed by atoms with Crippen LogP contribution in [0.2, 0.25) is 0 Å². The van der Waals surface area contributed by atoms with Crippen molar-refractivity contribution in [2.75, 3.05) is 18.4 Å². The number of anilines is 1. The number of aromatic nitrogens is 2. The fraction of sp³-hybridized carbons (Fsp3) is 0.467. The molecule has 0 bridgehead atoms. The van der Waals surface area contributed by atoms with E-state index in [4.69, 9.17) is 0 Å². The lowest BCUT2D eigenvalue weighted by molar-refractivity contribution is 0.585. The minimum Gasteiger partial charge on any atom is -0.369 e. The molecule has 2 aromatic rings. The van der Waals surface area contributed by atoms with Crippen LogP contribution in [0.25, 0.3) is 0 Å². The molecular weight excluding hydrogens is 332 g/mol. The van der Waals surface area contributed by atoms with Crippen LogP contribution in [-0.2, 0) is 10.0 Å². The van der Waals surface area contributed by atoms with E-state index in [2.05, 4.69) is 20.0 Å². The Bertz CT molecular complexity index is 770. The van der Waals surface area contributed by atoms with Crippen molar-refractivity contribution in [2.45, 2.75) is 37.8 Å². The standard InChI is InChI=1S/C15H22N4O2S2/c1-10(2)15-18-11(3)9-13(19-15)16-7-8-17-23(20,21)14-6-5-12(4)22-14/h5-6,9-10,17H,7-8H2,1-4H3,(H,16,18,19). The van der Waals surface area contributed by atoms with Gasteiger partial charge in [0.2, 0.25) is 10.0 Å². The Morgan fingerprint density at radius 3 is 2.52 bits per heavy atom. The number of hydrogen-bond donors (Lipinski definition) is 2. The molecule has 6 nitrogen and oxygen atoms in total. The lowest BCUT2D eigenvalue weighted by atomic mass is 10.2. The summed E-state index contributed by atoms with van der Waals surface area (Å²) in [4.78, 5) is 9.79. The minimum atomic E-state index is -3.43. The second kappa shape index (κ2) is 7.37. The highest BCUT2D eigenvalue weighted by molar-refractivity contribution is 7.91. The van der Waals surface area contributed by atoms with Crippen molar-refractivity contribution in [3.05, 3.63) is 34.6 Å². The van der Waals surface area contributed by atoms with E-state index in [1.54, 1.807) is 12.1 Å². The number of aryl methyl sites for hydroxylation is 2. The monoisotopic (exact) mass is 354 g/mol. The molecule has 2 aromatic heterocycles. The van der Waals surface area contributed by atoms with Crippen LogP contribution in [0.1, 0.15) is 36.2 Å². The van der Waals surface area contributed by atoms with Gasteiger partial charge in [0, 0.05) is 35.6 Å². The fourth-order valence-corrected chi connectivity index (χ4v) is 4.30. The van der Waals surface area contributed by atoms with Gasteiger partial charge in [-0.1, -0.05) is 13.8 Å². The van der Waals surface area contributed by atoms with Gasteiger partial charge in [-0.2, -0.15) is 0 Å². The second-order valence-corrected chi connectivity index (χ2v) is 8.88. The van der Waals surface area contributed by atoms with Gasteiger partial charge >= 0.3 is 0 Å². The van der Waals surface area contributed by atoms with Crippen LogP contribution in [0.3, 0.4) is 0 Å². The third-order valence-electron chi connectivity index (χ3n) is 3.09. The molecule has 0 aliphatic heterocycles. The summed E-state index contributed by atoms with van der Waals surface area (Å²) in [6, 6.07) is 5.27. The lowest BCUT2D eigenvalue weighted by Crippen LogP contribution is -2.28. The molecule has 2 N–H and O–H groups in total. The molecule has 0 spiro atoms. The van der Waals surface area contributed by atoms with Crippen LogP contribution >= 0.6 is 11.3 Å². The van der Waals surface area contributed by atoms with Crippen molar-refractivity contribution in [3.63, 3.8) is 0 Å². The summed E-state index contributed by atoms with van der Waals surface area (Å²) in [7, 11) is -3.43. The molecule has 0 fully saturated rings. The Morgan fingerprint density at radius 2 is 1.91 bits per heavy atom. The topological polar surface area (TPSA) is 84.0 Å². The Labute approximate surface area is 141 Å². The van der Waals surface area contributed by atoms with Crippen LogP contribution in [0.5, 0.6) is 0 Å². The third-order valence-corrected chi connectivity index (χ3v) is 6.05. The second-order valence-electron chi connectivity index (χ2n) is 5.60. The first kappa shape index (κ1) is 17.8. The van der Waals surface area contributed by atoms with Gasteiger partial charge in [0.25, 0.3) is 0 Å². The molecule has 8 heteroatoms. The van der Waals surface area contributed by atoms with E-state index in [1.165, 1.54) is 11.3 Å². The van der Waals surface area contributed by atoms with Crippen molar-refractivity contribution < 1.29 is 8.42 Å². The predicted octanol–water partition coefficient (Wildman–Crippen LogP) is 2.67. The van der Waals surface area contributed by atoms with Crippen molar-refractivity contribution in [2.24, 2.45) is 0 Å². The van der Waals surface area contributed by atoms with Gasteiger partial charge in [0.05, 0.1) is 0 Å². The average Bonchev–Trinajstić information content (AvgIpc) is 2.90. The van der Waals surface area contributed by atoms with E-state index in [-0.39, 0.29) is 5.92 Å². The summed E-state index contributed by atoms with van der Waals surface area (Å²) in [5.41, 5.74) is 0.890. The minimum absolute atomic E-state index is 0.246. The molecule has 0 aliphatic carbocycles. The lowest BCUT2D eigenvalue weighted by Gasteiger charge is -2.10. The van der Waals surface area contributed by atoms with E-state index in [1.807, 2.05) is 33.8 Å². The molecule has 0 aliphatic rings. The number of nitrogens with one attached hydrogen (secondary N) is 2. The van der Waals surface area contributed by atoms with E-state index in [0.29, 0.717) is 23.1 Å². The number of sulfonamides is 1. The Morgan fingerprint density at radius 1 is 1.17 bits per heavy atom. The number of rotatable bonds is 7. The largest absolute Gasteiger partial charge is 0.369 e. The number of nitrogens with zero attached hydrogens (tertiary/aromatic N) is 2. The van der Waals surface area contributed by atoms with E-state index >= 15 is 0 Å². The zero-order valence-electron chi connectivity index (χ0n) is 13.8. The molecule has 126 valence electrons. The maximum Gasteiger partial charge on any atom is 0.250 e.